The molecule has 0 aliphatic carbocycles. The van der Waals surface area contributed by atoms with Gasteiger partial charge < -0.3 is 14.5 Å². The minimum absolute atomic E-state index is 0.0158. The molecule has 1 aliphatic rings. The van der Waals surface area contributed by atoms with E-state index in [1.54, 1.807) is 24.3 Å². The van der Waals surface area contributed by atoms with E-state index in [4.69, 9.17) is 16.3 Å². The third kappa shape index (κ3) is 4.91. The van der Waals surface area contributed by atoms with Crippen LogP contribution in [0.15, 0.2) is 78.9 Å². The van der Waals surface area contributed by atoms with E-state index < -0.39 is 0 Å². The van der Waals surface area contributed by atoms with Crippen LogP contribution in [-0.2, 0) is 4.79 Å². The topological polar surface area (TPSA) is 58.6 Å². The highest BCUT2D eigenvalue weighted by Crippen LogP contribution is 2.24. The number of piperazine rings is 1. The predicted molar refractivity (Wildman–Crippen MR) is 131 cm³/mol. The molecule has 2 heterocycles. The summed E-state index contributed by atoms with van der Waals surface area (Å²) in [7, 11) is 0. The monoisotopic (exact) mass is 458 g/mol. The maximum atomic E-state index is 12.5. The van der Waals surface area contributed by atoms with Crippen molar-refractivity contribution in [2.75, 3.05) is 37.7 Å². The van der Waals surface area contributed by atoms with Crippen molar-refractivity contribution >= 4 is 34.1 Å². The van der Waals surface area contributed by atoms with Crippen LogP contribution in [0.5, 0.6) is 5.75 Å². The van der Waals surface area contributed by atoms with Crippen LogP contribution in [-0.4, -0.2) is 53.8 Å². The van der Waals surface area contributed by atoms with Gasteiger partial charge in [0.1, 0.15) is 5.75 Å². The summed E-state index contributed by atoms with van der Waals surface area (Å²) in [5.41, 5.74) is 1.89. The van der Waals surface area contributed by atoms with E-state index in [0.717, 1.165) is 17.1 Å². The van der Waals surface area contributed by atoms with Gasteiger partial charge >= 0.3 is 0 Å². The van der Waals surface area contributed by atoms with Gasteiger partial charge in [-0.25, -0.2) is 0 Å². The van der Waals surface area contributed by atoms with E-state index in [1.165, 1.54) is 10.8 Å². The van der Waals surface area contributed by atoms with Crippen molar-refractivity contribution in [3.05, 3.63) is 83.9 Å². The number of hydrogen-bond donors (Lipinski definition) is 0. The fourth-order valence-electron chi connectivity index (χ4n) is 3.95. The number of fused-ring (bicyclic) bond motifs is 1. The summed E-state index contributed by atoms with van der Waals surface area (Å²) in [4.78, 5) is 16.5. The first-order valence-corrected chi connectivity index (χ1v) is 11.3. The Morgan fingerprint density at radius 1 is 0.848 bits per heavy atom. The lowest BCUT2D eigenvalue weighted by molar-refractivity contribution is -0.133. The Balaban J connectivity index is 1.17. The summed E-state index contributed by atoms with van der Waals surface area (Å²) in [5.74, 6) is 1.43. The maximum absolute atomic E-state index is 12.5. The van der Waals surface area contributed by atoms with Crippen molar-refractivity contribution in [3.8, 4) is 17.0 Å². The Labute approximate surface area is 197 Å². The van der Waals surface area contributed by atoms with E-state index in [1.807, 2.05) is 29.2 Å². The van der Waals surface area contributed by atoms with Gasteiger partial charge in [-0.1, -0.05) is 48.0 Å². The average molecular weight is 459 g/mol. The van der Waals surface area contributed by atoms with Gasteiger partial charge in [0, 0.05) is 36.8 Å². The summed E-state index contributed by atoms with van der Waals surface area (Å²) in [6.45, 7) is 2.67. The second-order valence-electron chi connectivity index (χ2n) is 7.95. The first-order valence-electron chi connectivity index (χ1n) is 10.9. The number of halogens is 1. The number of benzene rings is 3. The number of carbonyl (C=O) groups is 1. The Morgan fingerprint density at radius 2 is 1.61 bits per heavy atom. The number of ether oxygens (including phenoxy) is 1. The van der Waals surface area contributed by atoms with Crippen LogP contribution >= 0.6 is 11.6 Å². The van der Waals surface area contributed by atoms with Crippen LogP contribution in [0, 0.1) is 0 Å². The molecule has 6 nitrogen and oxygen atoms in total. The Hall–Kier alpha value is -3.64. The molecule has 7 heteroatoms. The van der Waals surface area contributed by atoms with Crippen LogP contribution in [0.3, 0.4) is 0 Å². The highest BCUT2D eigenvalue weighted by molar-refractivity contribution is 6.30. The van der Waals surface area contributed by atoms with Gasteiger partial charge in [-0.3, -0.25) is 4.79 Å². The van der Waals surface area contributed by atoms with E-state index in [0.29, 0.717) is 37.0 Å². The molecule has 4 aromatic rings. The van der Waals surface area contributed by atoms with E-state index in [9.17, 15) is 4.79 Å². The first-order chi connectivity index (χ1) is 16.2. The van der Waals surface area contributed by atoms with Crippen LogP contribution in [0.2, 0.25) is 5.02 Å². The SMILES string of the molecule is O=C(COc1ccc(Cl)cc1)N1CCN(c2ccc(-c3ccc4ccccc4c3)nn2)CC1. The second kappa shape index (κ2) is 9.46. The summed E-state index contributed by atoms with van der Waals surface area (Å²) in [5, 5.41) is 11.9. The number of hydrogen-bond acceptors (Lipinski definition) is 5. The molecule has 1 fully saturated rings. The van der Waals surface area contributed by atoms with E-state index in [-0.39, 0.29) is 12.5 Å². The van der Waals surface area contributed by atoms with Gasteiger partial charge in [0.25, 0.3) is 5.91 Å². The predicted octanol–water partition coefficient (Wildman–Crippen LogP) is 4.68. The lowest BCUT2D eigenvalue weighted by atomic mass is 10.1. The van der Waals surface area contributed by atoms with Gasteiger partial charge in [-0.05, 0) is 53.2 Å². The van der Waals surface area contributed by atoms with Crippen molar-refractivity contribution in [3.63, 3.8) is 0 Å². The fourth-order valence-corrected chi connectivity index (χ4v) is 4.07. The van der Waals surface area contributed by atoms with Crippen molar-refractivity contribution in [1.29, 1.82) is 0 Å². The fraction of sp³-hybridized carbons (Fsp3) is 0.192. The molecule has 0 saturated carbocycles. The minimum atomic E-state index is -0.0256. The molecule has 0 unspecified atom stereocenters. The smallest absolute Gasteiger partial charge is 0.260 e. The third-order valence-corrected chi connectivity index (χ3v) is 6.08. The molecule has 1 aromatic heterocycles. The molecule has 1 saturated heterocycles. The summed E-state index contributed by atoms with van der Waals surface area (Å²) >= 11 is 5.88. The normalized spacial score (nSPS) is 13.8. The first kappa shape index (κ1) is 21.2. The molecular formula is C26H23ClN4O2. The molecule has 166 valence electrons. The molecule has 0 N–H and O–H groups in total. The number of nitrogens with zero attached hydrogens (tertiary/aromatic N) is 4. The zero-order valence-electron chi connectivity index (χ0n) is 18.0. The Kier molecular flexibility index (Phi) is 6.09. The molecular weight excluding hydrogens is 436 g/mol. The number of carbonyl (C=O) groups excluding carboxylic acids is 1. The highest BCUT2D eigenvalue weighted by Gasteiger charge is 2.22. The number of amides is 1. The number of aromatic nitrogens is 2. The standard InChI is InChI=1S/C26H23ClN4O2/c27-22-7-9-23(10-8-22)33-18-26(32)31-15-13-30(14-16-31)25-12-11-24(28-29-25)21-6-5-19-3-1-2-4-20(19)17-21/h1-12,17H,13-16,18H2. The Bertz CT molecular complexity index is 1250. The zero-order chi connectivity index (χ0) is 22.6. The van der Waals surface area contributed by atoms with Crippen molar-refractivity contribution in [2.45, 2.75) is 0 Å². The Morgan fingerprint density at radius 3 is 2.33 bits per heavy atom. The number of anilines is 1. The van der Waals surface area contributed by atoms with Gasteiger partial charge in [0.05, 0.1) is 5.69 Å². The summed E-state index contributed by atoms with van der Waals surface area (Å²) in [6.07, 6.45) is 0. The van der Waals surface area contributed by atoms with Gasteiger partial charge in [-0.15, -0.1) is 10.2 Å². The van der Waals surface area contributed by atoms with Crippen molar-refractivity contribution in [2.24, 2.45) is 0 Å². The molecule has 3 aromatic carbocycles. The largest absolute Gasteiger partial charge is 0.484 e. The molecule has 33 heavy (non-hydrogen) atoms. The van der Waals surface area contributed by atoms with Crippen LogP contribution in [0.1, 0.15) is 0 Å². The molecule has 0 atom stereocenters. The molecule has 0 spiro atoms. The summed E-state index contributed by atoms with van der Waals surface area (Å²) < 4.78 is 5.58. The van der Waals surface area contributed by atoms with Crippen molar-refractivity contribution in [1.82, 2.24) is 15.1 Å². The van der Waals surface area contributed by atoms with E-state index >= 15 is 0 Å². The quantitative estimate of drug-likeness (QED) is 0.434. The minimum Gasteiger partial charge on any atom is -0.484 e. The second-order valence-corrected chi connectivity index (χ2v) is 8.39. The summed E-state index contributed by atoms with van der Waals surface area (Å²) in [6, 6.07) is 25.6. The van der Waals surface area contributed by atoms with Crippen LogP contribution < -0.4 is 9.64 Å². The van der Waals surface area contributed by atoms with Gasteiger partial charge in [0.2, 0.25) is 0 Å². The van der Waals surface area contributed by atoms with E-state index in [2.05, 4.69) is 45.4 Å². The molecule has 5 rings (SSSR count). The van der Waals surface area contributed by atoms with Crippen molar-refractivity contribution < 1.29 is 9.53 Å². The number of rotatable bonds is 5. The maximum Gasteiger partial charge on any atom is 0.260 e. The lowest BCUT2D eigenvalue weighted by Crippen LogP contribution is -2.50. The van der Waals surface area contributed by atoms with Crippen LogP contribution in [0.25, 0.3) is 22.0 Å². The molecule has 1 aliphatic heterocycles. The molecule has 1 amide bonds. The molecule has 0 bridgehead atoms. The van der Waals surface area contributed by atoms with Gasteiger partial charge in [0.15, 0.2) is 12.4 Å². The highest BCUT2D eigenvalue weighted by atomic mass is 35.5. The average Bonchev–Trinajstić information content (AvgIpc) is 2.88. The third-order valence-electron chi connectivity index (χ3n) is 5.83. The molecule has 0 radical (unpaired) electrons. The lowest BCUT2D eigenvalue weighted by Gasteiger charge is -2.35. The zero-order valence-corrected chi connectivity index (χ0v) is 18.8. The van der Waals surface area contributed by atoms with Gasteiger partial charge in [-0.2, -0.15) is 0 Å². The van der Waals surface area contributed by atoms with Crippen LogP contribution in [0.4, 0.5) is 5.82 Å².